The fraction of sp³-hybridized carbons (Fsp3) is 0.333. The molecule has 2 aromatic carbocycles. The molecule has 0 unspecified atom stereocenters. The number of carbonyl (C=O) groups is 2. The van der Waals surface area contributed by atoms with Gasteiger partial charge in [-0.15, -0.1) is 5.10 Å². The third-order valence-corrected chi connectivity index (χ3v) is 7.80. The van der Waals surface area contributed by atoms with Crippen LogP contribution in [-0.2, 0) is 21.5 Å². The molecule has 3 aromatic rings. The lowest BCUT2D eigenvalue weighted by molar-refractivity contribution is -0.147. The molecule has 0 aliphatic heterocycles. The molecule has 178 valence electrons. The minimum Gasteiger partial charge on any atom is -0.344 e. The van der Waals surface area contributed by atoms with Crippen LogP contribution in [0.15, 0.2) is 57.6 Å². The smallest absolute Gasteiger partial charge is 0.233 e. The maximum atomic E-state index is 13.4. The molecule has 4 rings (SSSR count). The normalized spacial score (nSPS) is 14.8. The number of halogens is 3. The zero-order valence-electron chi connectivity index (χ0n) is 18.8. The van der Waals surface area contributed by atoms with Gasteiger partial charge >= 0.3 is 0 Å². The molecular formula is C24H24Br2ClN5O2. The maximum Gasteiger partial charge on any atom is 0.233 e. The van der Waals surface area contributed by atoms with Crippen molar-refractivity contribution in [3.63, 3.8) is 0 Å². The molecule has 0 spiro atoms. The average molecular weight is 610 g/mol. The predicted molar refractivity (Wildman–Crippen MR) is 138 cm³/mol. The Morgan fingerprint density at radius 3 is 2.59 bits per heavy atom. The number of benzene rings is 2. The Kier molecular flexibility index (Phi) is 7.57. The van der Waals surface area contributed by atoms with Crippen LogP contribution in [0.2, 0.25) is 5.02 Å². The molecule has 10 heteroatoms. The largest absolute Gasteiger partial charge is 0.344 e. The SMILES string of the molecule is CN(CCN(C)C(=O)C1(c2cccc(Br)c2)CC(=O)C1)Cc1cn(-c2ccc(Cl)c(Br)c2)nn1. The van der Waals surface area contributed by atoms with E-state index >= 15 is 0 Å². The van der Waals surface area contributed by atoms with Crippen molar-refractivity contribution in [2.24, 2.45) is 0 Å². The molecule has 0 atom stereocenters. The highest BCUT2D eigenvalue weighted by molar-refractivity contribution is 9.10. The van der Waals surface area contributed by atoms with Crippen LogP contribution in [0.5, 0.6) is 0 Å². The second kappa shape index (κ2) is 10.3. The molecule has 0 saturated heterocycles. The van der Waals surface area contributed by atoms with E-state index in [0.717, 1.165) is 25.9 Å². The van der Waals surface area contributed by atoms with Gasteiger partial charge in [0.1, 0.15) is 5.78 Å². The van der Waals surface area contributed by atoms with Crippen LogP contribution in [0.4, 0.5) is 0 Å². The first kappa shape index (κ1) is 25.0. The number of nitrogens with zero attached hydrogens (tertiary/aromatic N) is 5. The number of hydrogen-bond acceptors (Lipinski definition) is 5. The van der Waals surface area contributed by atoms with E-state index in [0.29, 0.717) is 24.7 Å². The number of Topliss-reactive ketones (excluding diaryl/α,β-unsaturated/α-hetero) is 1. The van der Waals surface area contributed by atoms with Gasteiger partial charge in [-0.25, -0.2) is 4.68 Å². The van der Waals surface area contributed by atoms with Gasteiger partial charge in [-0.05, 0) is 58.9 Å². The molecule has 1 aliphatic carbocycles. The molecule has 0 radical (unpaired) electrons. The summed E-state index contributed by atoms with van der Waals surface area (Å²) in [4.78, 5) is 29.1. The Labute approximate surface area is 220 Å². The number of carbonyl (C=O) groups excluding carboxylic acids is 2. The third-order valence-electron chi connectivity index (χ3n) is 6.09. The topological polar surface area (TPSA) is 71.3 Å². The van der Waals surface area contributed by atoms with E-state index < -0.39 is 5.41 Å². The number of ketones is 1. The highest BCUT2D eigenvalue weighted by Crippen LogP contribution is 2.43. The van der Waals surface area contributed by atoms with Gasteiger partial charge in [0.15, 0.2) is 0 Å². The Morgan fingerprint density at radius 2 is 1.91 bits per heavy atom. The van der Waals surface area contributed by atoms with E-state index in [2.05, 4.69) is 47.1 Å². The van der Waals surface area contributed by atoms with Gasteiger partial charge in [-0.1, -0.05) is 44.9 Å². The second-order valence-electron chi connectivity index (χ2n) is 8.70. The summed E-state index contributed by atoms with van der Waals surface area (Å²) in [7, 11) is 3.78. The van der Waals surface area contributed by atoms with Crippen molar-refractivity contribution in [2.75, 3.05) is 27.2 Å². The minimum atomic E-state index is -0.760. The highest BCUT2D eigenvalue weighted by Gasteiger charge is 2.52. The monoisotopic (exact) mass is 607 g/mol. The highest BCUT2D eigenvalue weighted by atomic mass is 79.9. The maximum absolute atomic E-state index is 13.4. The van der Waals surface area contributed by atoms with Crippen LogP contribution in [-0.4, -0.2) is 63.7 Å². The van der Waals surface area contributed by atoms with E-state index in [1.165, 1.54) is 0 Å². The lowest BCUT2D eigenvalue weighted by Gasteiger charge is -2.42. The Bertz CT molecular complexity index is 1220. The van der Waals surface area contributed by atoms with Crippen molar-refractivity contribution >= 4 is 55.2 Å². The summed E-state index contributed by atoms with van der Waals surface area (Å²) in [5.41, 5.74) is 1.80. The van der Waals surface area contributed by atoms with Gasteiger partial charge in [0.2, 0.25) is 5.91 Å². The second-order valence-corrected chi connectivity index (χ2v) is 10.9. The molecule has 1 fully saturated rings. The van der Waals surface area contributed by atoms with E-state index in [1.54, 1.807) is 22.7 Å². The molecule has 34 heavy (non-hydrogen) atoms. The van der Waals surface area contributed by atoms with Crippen molar-refractivity contribution in [2.45, 2.75) is 24.8 Å². The van der Waals surface area contributed by atoms with Crippen LogP contribution in [0, 0.1) is 0 Å². The number of hydrogen-bond donors (Lipinski definition) is 0. The van der Waals surface area contributed by atoms with Crippen LogP contribution in [0.1, 0.15) is 24.1 Å². The quantitative estimate of drug-likeness (QED) is 0.373. The van der Waals surface area contributed by atoms with Crippen molar-refractivity contribution in [3.05, 3.63) is 73.9 Å². The van der Waals surface area contributed by atoms with Crippen LogP contribution >= 0.6 is 43.5 Å². The van der Waals surface area contributed by atoms with E-state index in [1.807, 2.05) is 49.6 Å². The van der Waals surface area contributed by atoms with E-state index in [9.17, 15) is 9.59 Å². The van der Waals surface area contributed by atoms with Crippen molar-refractivity contribution < 1.29 is 9.59 Å². The first-order chi connectivity index (χ1) is 16.2. The Balaban J connectivity index is 1.36. The minimum absolute atomic E-state index is 0.0159. The first-order valence-corrected chi connectivity index (χ1v) is 12.7. The lowest BCUT2D eigenvalue weighted by Crippen LogP contribution is -2.54. The average Bonchev–Trinajstić information content (AvgIpc) is 3.24. The van der Waals surface area contributed by atoms with E-state index in [-0.39, 0.29) is 24.5 Å². The first-order valence-electron chi connectivity index (χ1n) is 10.8. The number of rotatable bonds is 8. The summed E-state index contributed by atoms with van der Waals surface area (Å²) < 4.78 is 3.40. The van der Waals surface area contributed by atoms with Gasteiger partial charge in [0, 0.05) is 48.5 Å². The summed E-state index contributed by atoms with van der Waals surface area (Å²) in [6.45, 7) is 1.79. The van der Waals surface area contributed by atoms with Gasteiger partial charge in [-0.3, -0.25) is 14.5 Å². The van der Waals surface area contributed by atoms with Crippen molar-refractivity contribution in [1.82, 2.24) is 24.8 Å². The molecule has 0 N–H and O–H groups in total. The van der Waals surface area contributed by atoms with E-state index in [4.69, 9.17) is 11.6 Å². The molecule has 1 aliphatic rings. The zero-order chi connectivity index (χ0) is 24.5. The Morgan fingerprint density at radius 1 is 1.15 bits per heavy atom. The standard InChI is InChI=1S/C24H24Br2ClN5O2/c1-30(14-18-15-32(29-28-18)19-6-7-22(27)21(26)11-19)8-9-31(2)23(34)24(12-20(33)13-24)16-4-3-5-17(25)10-16/h3-7,10-11,15H,8-9,12-14H2,1-2H3. The van der Waals surface area contributed by atoms with Crippen molar-refractivity contribution in [1.29, 1.82) is 0 Å². The summed E-state index contributed by atoms with van der Waals surface area (Å²) in [6.07, 6.45) is 2.39. The number of amides is 1. The third kappa shape index (κ3) is 5.27. The summed E-state index contributed by atoms with van der Waals surface area (Å²) >= 11 is 13.0. The van der Waals surface area contributed by atoms with Crippen molar-refractivity contribution in [3.8, 4) is 5.69 Å². The summed E-state index contributed by atoms with van der Waals surface area (Å²) in [6, 6.07) is 13.3. The lowest BCUT2D eigenvalue weighted by atomic mass is 9.62. The molecular weight excluding hydrogens is 586 g/mol. The van der Waals surface area contributed by atoms with Gasteiger partial charge in [0.05, 0.1) is 28.0 Å². The Hall–Kier alpha value is -2.07. The number of likely N-dealkylation sites (N-methyl/N-ethyl adjacent to an activating group) is 2. The van der Waals surface area contributed by atoms with Crippen LogP contribution in [0.25, 0.3) is 5.69 Å². The van der Waals surface area contributed by atoms with Gasteiger partial charge in [0.25, 0.3) is 0 Å². The van der Waals surface area contributed by atoms with Gasteiger partial charge in [-0.2, -0.15) is 0 Å². The summed E-state index contributed by atoms with van der Waals surface area (Å²) in [5.74, 6) is 0.104. The molecule has 0 bridgehead atoms. The fourth-order valence-electron chi connectivity index (χ4n) is 4.15. The number of aromatic nitrogens is 3. The van der Waals surface area contributed by atoms with Gasteiger partial charge < -0.3 is 4.90 Å². The molecule has 7 nitrogen and oxygen atoms in total. The van der Waals surface area contributed by atoms with Crippen LogP contribution < -0.4 is 0 Å². The molecule has 1 saturated carbocycles. The molecule has 1 heterocycles. The predicted octanol–water partition coefficient (Wildman–Crippen LogP) is 4.64. The zero-order valence-corrected chi connectivity index (χ0v) is 22.8. The van der Waals surface area contributed by atoms with Crippen LogP contribution in [0.3, 0.4) is 0 Å². The molecule has 1 amide bonds. The summed E-state index contributed by atoms with van der Waals surface area (Å²) in [5, 5.41) is 9.11. The fourth-order valence-corrected chi connectivity index (χ4v) is 5.04. The molecule has 1 aromatic heterocycles.